The standard InChI is InChI=1S/C20H24ClNO2.C4H4O4/c1-23-19-8-3-15(13-20(19)24-2)14-22-11-9-17(10-12-22)16-4-6-18(21)7-5-16;5-3(6)1-2-4(7)8/h3-8,13,17H,9-12,14H2,1-2H3;1-2H,(H,5,6)(H,7,8)/b;2-1-. The molecule has 1 heterocycles. The van der Waals surface area contributed by atoms with Crippen LogP contribution in [-0.4, -0.2) is 54.4 Å². The Labute approximate surface area is 192 Å². The highest BCUT2D eigenvalue weighted by atomic mass is 35.5. The minimum atomic E-state index is -1.26. The lowest BCUT2D eigenvalue weighted by molar-refractivity contribution is -0.134. The molecule has 0 radical (unpaired) electrons. The maximum atomic E-state index is 9.55. The van der Waals surface area contributed by atoms with Gasteiger partial charge >= 0.3 is 11.9 Å². The van der Waals surface area contributed by atoms with Crippen LogP contribution in [-0.2, 0) is 16.1 Å². The van der Waals surface area contributed by atoms with Gasteiger partial charge in [-0.25, -0.2) is 9.59 Å². The molecule has 3 rings (SSSR count). The lowest BCUT2D eigenvalue weighted by Crippen LogP contribution is -2.32. The highest BCUT2D eigenvalue weighted by molar-refractivity contribution is 6.30. The number of ether oxygens (including phenoxy) is 2. The Morgan fingerprint density at radius 1 is 0.969 bits per heavy atom. The Balaban J connectivity index is 0.000000390. The van der Waals surface area contributed by atoms with Crippen molar-refractivity contribution in [2.75, 3.05) is 27.3 Å². The van der Waals surface area contributed by atoms with Gasteiger partial charge in [0.2, 0.25) is 0 Å². The lowest BCUT2D eigenvalue weighted by Gasteiger charge is -2.32. The molecule has 8 heteroatoms. The number of carboxylic acids is 2. The second-order valence-electron chi connectivity index (χ2n) is 7.30. The Morgan fingerprint density at radius 2 is 1.53 bits per heavy atom. The van der Waals surface area contributed by atoms with Gasteiger partial charge in [-0.1, -0.05) is 29.8 Å². The molecule has 7 nitrogen and oxygen atoms in total. The van der Waals surface area contributed by atoms with E-state index in [1.807, 2.05) is 18.2 Å². The van der Waals surface area contributed by atoms with Gasteiger partial charge in [-0.3, -0.25) is 4.90 Å². The van der Waals surface area contributed by atoms with Crippen LogP contribution in [0.25, 0.3) is 0 Å². The predicted molar refractivity (Wildman–Crippen MR) is 123 cm³/mol. The number of hydrogen-bond donors (Lipinski definition) is 2. The average Bonchev–Trinajstić information content (AvgIpc) is 2.79. The number of hydrogen-bond acceptors (Lipinski definition) is 5. The first kappa shape index (κ1) is 25.2. The van der Waals surface area contributed by atoms with Crippen molar-refractivity contribution in [2.45, 2.75) is 25.3 Å². The fourth-order valence-electron chi connectivity index (χ4n) is 3.54. The van der Waals surface area contributed by atoms with Crippen LogP contribution in [0.4, 0.5) is 0 Å². The summed E-state index contributed by atoms with van der Waals surface area (Å²) in [5.41, 5.74) is 2.67. The number of methoxy groups -OCH3 is 2. The zero-order valence-corrected chi connectivity index (χ0v) is 18.9. The number of likely N-dealkylation sites (tertiary alicyclic amines) is 1. The Morgan fingerprint density at radius 3 is 2.03 bits per heavy atom. The number of piperidine rings is 1. The van der Waals surface area contributed by atoms with E-state index in [0.29, 0.717) is 18.1 Å². The molecule has 1 aliphatic rings. The van der Waals surface area contributed by atoms with Gasteiger partial charge in [-0.05, 0) is 67.2 Å². The number of aliphatic carboxylic acids is 2. The summed E-state index contributed by atoms with van der Waals surface area (Å²) in [5, 5.41) is 16.4. The number of nitrogens with zero attached hydrogens (tertiary/aromatic N) is 1. The normalized spacial score (nSPS) is 14.5. The van der Waals surface area contributed by atoms with Crippen molar-refractivity contribution in [3.8, 4) is 11.5 Å². The zero-order chi connectivity index (χ0) is 23.5. The quantitative estimate of drug-likeness (QED) is 0.588. The van der Waals surface area contributed by atoms with E-state index in [9.17, 15) is 9.59 Å². The third-order valence-electron chi connectivity index (χ3n) is 5.15. The Bertz CT molecular complexity index is 905. The van der Waals surface area contributed by atoms with Crippen LogP contribution < -0.4 is 9.47 Å². The molecule has 1 saturated heterocycles. The van der Waals surface area contributed by atoms with E-state index in [0.717, 1.165) is 36.2 Å². The first-order chi connectivity index (χ1) is 15.3. The van der Waals surface area contributed by atoms with E-state index < -0.39 is 11.9 Å². The molecule has 0 atom stereocenters. The van der Waals surface area contributed by atoms with Gasteiger partial charge in [0.25, 0.3) is 0 Å². The molecule has 2 aromatic carbocycles. The van der Waals surface area contributed by atoms with Gasteiger partial charge in [0, 0.05) is 23.7 Å². The number of carboxylic acid groups (broad SMARTS) is 2. The SMILES string of the molecule is COc1ccc(CN2CCC(c3ccc(Cl)cc3)CC2)cc1OC.O=C(O)/C=C\C(=O)O. The van der Waals surface area contributed by atoms with E-state index in [1.165, 1.54) is 24.0 Å². The summed E-state index contributed by atoms with van der Waals surface area (Å²) in [5.74, 6) is -0.294. The lowest BCUT2D eigenvalue weighted by atomic mass is 9.89. The summed E-state index contributed by atoms with van der Waals surface area (Å²) in [4.78, 5) is 21.6. The van der Waals surface area contributed by atoms with Crippen LogP contribution in [0, 0.1) is 0 Å². The van der Waals surface area contributed by atoms with Crippen LogP contribution in [0.1, 0.15) is 29.9 Å². The largest absolute Gasteiger partial charge is 0.493 e. The monoisotopic (exact) mass is 461 g/mol. The molecule has 0 saturated carbocycles. The Hall–Kier alpha value is -3.03. The fourth-order valence-corrected chi connectivity index (χ4v) is 3.67. The van der Waals surface area contributed by atoms with Crippen LogP contribution in [0.3, 0.4) is 0 Å². The van der Waals surface area contributed by atoms with Gasteiger partial charge in [0.1, 0.15) is 0 Å². The van der Waals surface area contributed by atoms with Crippen molar-refractivity contribution in [3.05, 3.63) is 70.8 Å². The summed E-state index contributed by atoms with van der Waals surface area (Å²) in [6.07, 6.45) is 3.49. The Kier molecular flexibility index (Phi) is 10.0. The molecule has 2 aromatic rings. The summed E-state index contributed by atoms with van der Waals surface area (Å²) in [7, 11) is 3.35. The van der Waals surface area contributed by atoms with E-state index >= 15 is 0 Å². The summed E-state index contributed by atoms with van der Waals surface area (Å²) in [6.45, 7) is 3.18. The van der Waals surface area contributed by atoms with Gasteiger partial charge in [0.05, 0.1) is 14.2 Å². The fraction of sp³-hybridized carbons (Fsp3) is 0.333. The molecular weight excluding hydrogens is 434 g/mol. The van der Waals surface area contributed by atoms with Crippen molar-refractivity contribution < 1.29 is 29.3 Å². The summed E-state index contributed by atoms with van der Waals surface area (Å²) in [6, 6.07) is 14.5. The first-order valence-electron chi connectivity index (χ1n) is 10.1. The molecule has 0 aromatic heterocycles. The van der Waals surface area contributed by atoms with Crippen LogP contribution in [0.2, 0.25) is 5.02 Å². The minimum absolute atomic E-state index is 0.558. The van der Waals surface area contributed by atoms with Crippen LogP contribution >= 0.6 is 11.6 Å². The van der Waals surface area contributed by atoms with E-state index in [-0.39, 0.29) is 0 Å². The second-order valence-corrected chi connectivity index (χ2v) is 7.74. The van der Waals surface area contributed by atoms with Gasteiger partial charge in [0.15, 0.2) is 11.5 Å². The first-order valence-corrected chi connectivity index (χ1v) is 10.5. The third-order valence-corrected chi connectivity index (χ3v) is 5.40. The molecular formula is C24H28ClNO6. The second kappa shape index (κ2) is 12.7. The van der Waals surface area contributed by atoms with Crippen LogP contribution in [0.15, 0.2) is 54.6 Å². The van der Waals surface area contributed by atoms with Crippen molar-refractivity contribution in [2.24, 2.45) is 0 Å². The molecule has 0 bridgehead atoms. The van der Waals surface area contributed by atoms with E-state index in [4.69, 9.17) is 31.3 Å². The molecule has 172 valence electrons. The van der Waals surface area contributed by atoms with Gasteiger partial charge < -0.3 is 19.7 Å². The maximum absolute atomic E-state index is 9.55. The van der Waals surface area contributed by atoms with E-state index in [1.54, 1.807) is 14.2 Å². The van der Waals surface area contributed by atoms with Crippen molar-refractivity contribution >= 4 is 23.5 Å². The number of halogens is 1. The predicted octanol–water partition coefficient (Wildman–Crippen LogP) is 4.45. The molecule has 0 aliphatic carbocycles. The van der Waals surface area contributed by atoms with E-state index in [2.05, 4.69) is 29.2 Å². The molecule has 2 N–H and O–H groups in total. The summed E-state index contributed by atoms with van der Waals surface area (Å²) < 4.78 is 10.7. The van der Waals surface area contributed by atoms with Gasteiger partial charge in [-0.15, -0.1) is 0 Å². The number of benzene rings is 2. The highest BCUT2D eigenvalue weighted by Gasteiger charge is 2.21. The smallest absolute Gasteiger partial charge is 0.328 e. The number of rotatable bonds is 7. The average molecular weight is 462 g/mol. The minimum Gasteiger partial charge on any atom is -0.493 e. The van der Waals surface area contributed by atoms with Crippen molar-refractivity contribution in [1.82, 2.24) is 4.90 Å². The van der Waals surface area contributed by atoms with Crippen LogP contribution in [0.5, 0.6) is 11.5 Å². The topological polar surface area (TPSA) is 96.3 Å². The molecule has 1 aliphatic heterocycles. The molecule has 1 fully saturated rings. The zero-order valence-electron chi connectivity index (χ0n) is 18.2. The van der Waals surface area contributed by atoms with Crippen molar-refractivity contribution in [1.29, 1.82) is 0 Å². The summed E-state index contributed by atoms with van der Waals surface area (Å²) >= 11 is 5.98. The maximum Gasteiger partial charge on any atom is 0.328 e. The highest BCUT2D eigenvalue weighted by Crippen LogP contribution is 2.31. The van der Waals surface area contributed by atoms with Gasteiger partial charge in [-0.2, -0.15) is 0 Å². The molecule has 0 spiro atoms. The van der Waals surface area contributed by atoms with Crippen molar-refractivity contribution in [3.63, 3.8) is 0 Å². The molecule has 32 heavy (non-hydrogen) atoms. The molecule has 0 amide bonds. The third kappa shape index (κ3) is 8.24. The molecule has 0 unspecified atom stereocenters. The number of carbonyl (C=O) groups is 2.